The van der Waals surface area contributed by atoms with Crippen molar-refractivity contribution >= 4 is 11.6 Å². The average molecular weight is 328 g/mol. The fourth-order valence-corrected chi connectivity index (χ4v) is 1.73. The van der Waals surface area contributed by atoms with Gasteiger partial charge in [0.15, 0.2) is 0 Å². The SMILES string of the molecule is O=[N+]([O-])c1ccc([C@@H](O)CNc2nccc(C(F)(F)F)n2)cc1. The monoisotopic (exact) mass is 328 g/mol. The zero-order valence-electron chi connectivity index (χ0n) is 11.5. The molecule has 1 atom stereocenters. The molecular formula is C13H11F3N4O3. The summed E-state index contributed by atoms with van der Waals surface area (Å²) in [4.78, 5) is 16.9. The summed E-state index contributed by atoms with van der Waals surface area (Å²) >= 11 is 0. The summed E-state index contributed by atoms with van der Waals surface area (Å²) in [5.41, 5.74) is -0.856. The van der Waals surface area contributed by atoms with Crippen LogP contribution in [0.15, 0.2) is 36.5 Å². The number of alkyl halides is 3. The molecule has 0 radical (unpaired) electrons. The number of nitro benzene ring substituents is 1. The van der Waals surface area contributed by atoms with Crippen LogP contribution in [0.1, 0.15) is 17.4 Å². The van der Waals surface area contributed by atoms with Crippen molar-refractivity contribution in [1.29, 1.82) is 0 Å². The zero-order chi connectivity index (χ0) is 17.0. The van der Waals surface area contributed by atoms with Crippen molar-refractivity contribution in [1.82, 2.24) is 9.97 Å². The highest BCUT2D eigenvalue weighted by Gasteiger charge is 2.32. The van der Waals surface area contributed by atoms with E-state index >= 15 is 0 Å². The van der Waals surface area contributed by atoms with Gasteiger partial charge in [-0.1, -0.05) is 0 Å². The predicted molar refractivity (Wildman–Crippen MR) is 73.6 cm³/mol. The van der Waals surface area contributed by atoms with Crippen molar-refractivity contribution in [2.24, 2.45) is 0 Å². The molecule has 0 unspecified atom stereocenters. The third-order valence-electron chi connectivity index (χ3n) is 2.89. The maximum absolute atomic E-state index is 12.5. The maximum Gasteiger partial charge on any atom is 0.433 e. The van der Waals surface area contributed by atoms with Crippen LogP contribution in [-0.2, 0) is 6.18 Å². The minimum atomic E-state index is -4.59. The minimum Gasteiger partial charge on any atom is -0.387 e. The molecule has 1 aromatic heterocycles. The summed E-state index contributed by atoms with van der Waals surface area (Å²) in [5.74, 6) is -0.277. The Morgan fingerprint density at radius 2 is 1.91 bits per heavy atom. The van der Waals surface area contributed by atoms with Crippen LogP contribution in [0, 0.1) is 10.1 Å². The van der Waals surface area contributed by atoms with E-state index in [1.54, 1.807) is 0 Å². The number of benzene rings is 1. The van der Waals surface area contributed by atoms with Crippen LogP contribution < -0.4 is 5.32 Å². The first-order chi connectivity index (χ1) is 10.8. The second kappa shape index (κ2) is 6.57. The van der Waals surface area contributed by atoms with Gasteiger partial charge in [-0.15, -0.1) is 0 Å². The first-order valence-corrected chi connectivity index (χ1v) is 6.34. The van der Waals surface area contributed by atoms with Crippen molar-refractivity contribution < 1.29 is 23.2 Å². The number of nitrogens with zero attached hydrogens (tertiary/aromatic N) is 3. The number of aliphatic hydroxyl groups is 1. The lowest BCUT2D eigenvalue weighted by Crippen LogP contribution is -2.16. The Kier molecular flexibility index (Phi) is 4.74. The van der Waals surface area contributed by atoms with E-state index in [9.17, 15) is 28.4 Å². The number of anilines is 1. The lowest BCUT2D eigenvalue weighted by molar-refractivity contribution is -0.384. The Labute approximate surface area is 128 Å². The molecule has 0 saturated carbocycles. The normalized spacial score (nSPS) is 12.7. The number of halogens is 3. The second-order valence-corrected chi connectivity index (χ2v) is 4.51. The predicted octanol–water partition coefficient (Wildman–Crippen LogP) is 2.55. The van der Waals surface area contributed by atoms with Crippen LogP contribution in [0.5, 0.6) is 0 Å². The van der Waals surface area contributed by atoms with Crippen molar-refractivity contribution in [3.63, 3.8) is 0 Å². The largest absolute Gasteiger partial charge is 0.433 e. The van der Waals surface area contributed by atoms with Gasteiger partial charge in [-0.3, -0.25) is 10.1 Å². The molecule has 1 aromatic carbocycles. The van der Waals surface area contributed by atoms with Crippen LogP contribution in [-0.4, -0.2) is 26.5 Å². The molecule has 2 rings (SSSR count). The van der Waals surface area contributed by atoms with Crippen LogP contribution in [0.3, 0.4) is 0 Å². The first kappa shape index (κ1) is 16.6. The Hall–Kier alpha value is -2.75. The topological polar surface area (TPSA) is 101 Å². The van der Waals surface area contributed by atoms with Gasteiger partial charge in [-0.25, -0.2) is 9.97 Å². The zero-order valence-corrected chi connectivity index (χ0v) is 11.5. The van der Waals surface area contributed by atoms with E-state index in [4.69, 9.17) is 0 Å². The molecule has 0 amide bonds. The third kappa shape index (κ3) is 4.36. The van der Waals surface area contributed by atoms with E-state index in [-0.39, 0.29) is 18.2 Å². The first-order valence-electron chi connectivity index (χ1n) is 6.34. The highest BCUT2D eigenvalue weighted by Crippen LogP contribution is 2.27. The molecule has 7 nitrogen and oxygen atoms in total. The Morgan fingerprint density at radius 1 is 1.26 bits per heavy atom. The van der Waals surface area contributed by atoms with E-state index in [0.717, 1.165) is 12.3 Å². The van der Waals surface area contributed by atoms with E-state index in [1.165, 1.54) is 24.3 Å². The van der Waals surface area contributed by atoms with Gasteiger partial charge < -0.3 is 10.4 Å². The second-order valence-electron chi connectivity index (χ2n) is 4.51. The maximum atomic E-state index is 12.5. The molecule has 0 aliphatic rings. The number of rotatable bonds is 5. The van der Waals surface area contributed by atoms with Crippen LogP contribution >= 0.6 is 0 Å². The molecule has 10 heteroatoms. The third-order valence-corrected chi connectivity index (χ3v) is 2.89. The molecule has 2 N–H and O–H groups in total. The molecule has 23 heavy (non-hydrogen) atoms. The highest BCUT2D eigenvalue weighted by atomic mass is 19.4. The van der Waals surface area contributed by atoms with Crippen molar-refractivity contribution in [3.8, 4) is 0 Å². The summed E-state index contributed by atoms with van der Waals surface area (Å²) in [6.45, 7) is -0.154. The van der Waals surface area contributed by atoms with Gasteiger partial charge in [-0.2, -0.15) is 13.2 Å². The van der Waals surface area contributed by atoms with Crippen LogP contribution in [0.25, 0.3) is 0 Å². The minimum absolute atomic E-state index is 0.130. The molecule has 0 aliphatic carbocycles. The molecule has 0 fully saturated rings. The van der Waals surface area contributed by atoms with Gasteiger partial charge in [0.1, 0.15) is 5.69 Å². The molecule has 0 saturated heterocycles. The summed E-state index contributed by atoms with van der Waals surface area (Å²) in [6, 6.07) is 5.89. The average Bonchev–Trinajstić information content (AvgIpc) is 2.52. The van der Waals surface area contributed by atoms with Gasteiger partial charge in [0, 0.05) is 24.9 Å². The Bertz CT molecular complexity index is 692. The number of hydrogen-bond donors (Lipinski definition) is 2. The molecule has 2 aromatic rings. The van der Waals surface area contributed by atoms with E-state index in [0.29, 0.717) is 5.56 Å². The Balaban J connectivity index is 2.01. The number of nitrogens with one attached hydrogen (secondary N) is 1. The van der Waals surface area contributed by atoms with Gasteiger partial charge in [0.25, 0.3) is 5.69 Å². The van der Waals surface area contributed by atoms with Gasteiger partial charge in [0.05, 0.1) is 11.0 Å². The molecule has 0 bridgehead atoms. The van der Waals surface area contributed by atoms with E-state index in [1.807, 2.05) is 0 Å². The van der Waals surface area contributed by atoms with Crippen molar-refractivity contribution in [3.05, 3.63) is 57.9 Å². The number of non-ortho nitro benzene ring substituents is 1. The molecule has 1 heterocycles. The van der Waals surface area contributed by atoms with E-state index in [2.05, 4.69) is 15.3 Å². The lowest BCUT2D eigenvalue weighted by atomic mass is 10.1. The highest BCUT2D eigenvalue weighted by molar-refractivity contribution is 5.35. The van der Waals surface area contributed by atoms with Gasteiger partial charge in [0.2, 0.25) is 5.95 Å². The fraction of sp³-hybridized carbons (Fsp3) is 0.231. The molecule has 122 valence electrons. The van der Waals surface area contributed by atoms with Crippen molar-refractivity contribution in [2.45, 2.75) is 12.3 Å². The Morgan fingerprint density at radius 3 is 2.48 bits per heavy atom. The number of aliphatic hydroxyl groups excluding tert-OH is 1. The summed E-state index contributed by atoms with van der Waals surface area (Å²) in [5, 5.41) is 22.9. The smallest absolute Gasteiger partial charge is 0.387 e. The summed E-state index contributed by atoms with van der Waals surface area (Å²) < 4.78 is 37.5. The van der Waals surface area contributed by atoms with Gasteiger partial charge in [-0.05, 0) is 23.8 Å². The summed E-state index contributed by atoms with van der Waals surface area (Å²) in [7, 11) is 0. The molecular weight excluding hydrogens is 317 g/mol. The standard InChI is InChI=1S/C13H11F3N4O3/c14-13(15,16)11-5-6-17-12(19-11)18-7-10(21)8-1-3-9(4-2-8)20(22)23/h1-6,10,21H,7H2,(H,17,18,19)/t10-/m0/s1. The number of nitro groups is 1. The number of hydrogen-bond acceptors (Lipinski definition) is 6. The fourth-order valence-electron chi connectivity index (χ4n) is 1.73. The molecule has 0 aliphatic heterocycles. The van der Waals surface area contributed by atoms with Crippen LogP contribution in [0.2, 0.25) is 0 Å². The number of aromatic nitrogens is 2. The van der Waals surface area contributed by atoms with Crippen LogP contribution in [0.4, 0.5) is 24.8 Å². The van der Waals surface area contributed by atoms with Crippen molar-refractivity contribution in [2.75, 3.05) is 11.9 Å². The van der Waals surface area contributed by atoms with E-state index < -0.39 is 22.9 Å². The summed E-state index contributed by atoms with van der Waals surface area (Å²) in [6.07, 6.45) is -4.72. The lowest BCUT2D eigenvalue weighted by Gasteiger charge is -2.13. The molecule has 0 spiro atoms. The quantitative estimate of drug-likeness (QED) is 0.646. The van der Waals surface area contributed by atoms with Gasteiger partial charge >= 0.3 is 6.18 Å².